The summed E-state index contributed by atoms with van der Waals surface area (Å²) in [5.74, 6) is 0.888. The summed E-state index contributed by atoms with van der Waals surface area (Å²) in [4.78, 5) is 0. The van der Waals surface area contributed by atoms with Crippen LogP contribution in [0.1, 0.15) is 58.8 Å². The van der Waals surface area contributed by atoms with Crippen molar-refractivity contribution in [3.63, 3.8) is 0 Å². The van der Waals surface area contributed by atoms with Gasteiger partial charge in [0.05, 0.1) is 6.61 Å². The zero-order valence-corrected chi connectivity index (χ0v) is 12.2. The van der Waals surface area contributed by atoms with E-state index in [2.05, 4.69) is 13.8 Å². The Morgan fingerprint density at radius 3 is 2.44 bits per heavy atom. The Morgan fingerprint density at radius 2 is 1.83 bits per heavy atom. The van der Waals surface area contributed by atoms with Gasteiger partial charge in [-0.1, -0.05) is 26.7 Å². The highest BCUT2D eigenvalue weighted by Crippen LogP contribution is 2.20. The lowest BCUT2D eigenvalue weighted by Gasteiger charge is -2.26. The van der Waals surface area contributed by atoms with Gasteiger partial charge in [-0.05, 0) is 38.0 Å². The summed E-state index contributed by atoms with van der Waals surface area (Å²) in [6, 6.07) is 0. The second-order valence-electron chi connectivity index (χ2n) is 5.67. The molecular weight excluding hydrogens is 226 g/mol. The van der Waals surface area contributed by atoms with E-state index in [1.54, 1.807) is 0 Å². The van der Waals surface area contributed by atoms with E-state index in [0.717, 1.165) is 38.6 Å². The molecule has 0 aromatic heterocycles. The number of hydrogen-bond acceptors (Lipinski definition) is 3. The van der Waals surface area contributed by atoms with E-state index in [-0.39, 0.29) is 5.54 Å². The number of hydrogen-bond donors (Lipinski definition) is 1. The van der Waals surface area contributed by atoms with Crippen molar-refractivity contribution in [1.29, 1.82) is 0 Å². The van der Waals surface area contributed by atoms with Crippen LogP contribution in [0.4, 0.5) is 0 Å². The fourth-order valence-electron chi connectivity index (χ4n) is 2.40. The molecule has 0 aliphatic carbocycles. The molecule has 0 aromatic carbocycles. The monoisotopic (exact) mass is 257 g/mol. The molecule has 0 radical (unpaired) electrons. The van der Waals surface area contributed by atoms with Crippen molar-refractivity contribution in [3.8, 4) is 0 Å². The van der Waals surface area contributed by atoms with E-state index in [1.165, 1.54) is 32.1 Å². The molecule has 0 amide bonds. The molecule has 1 fully saturated rings. The van der Waals surface area contributed by atoms with Gasteiger partial charge in [0.25, 0.3) is 0 Å². The predicted molar refractivity (Wildman–Crippen MR) is 75.7 cm³/mol. The molecule has 0 spiro atoms. The minimum Gasteiger partial charge on any atom is -0.381 e. The van der Waals surface area contributed by atoms with E-state index in [4.69, 9.17) is 15.2 Å². The van der Waals surface area contributed by atoms with Crippen LogP contribution in [0.5, 0.6) is 0 Å². The molecule has 3 nitrogen and oxygen atoms in total. The van der Waals surface area contributed by atoms with E-state index >= 15 is 0 Å². The van der Waals surface area contributed by atoms with Gasteiger partial charge < -0.3 is 15.2 Å². The van der Waals surface area contributed by atoms with Crippen LogP contribution in [0, 0.1) is 5.92 Å². The molecule has 2 N–H and O–H groups in total. The molecule has 1 aliphatic rings. The smallest absolute Gasteiger partial charge is 0.0645 e. The molecule has 0 saturated carbocycles. The topological polar surface area (TPSA) is 44.5 Å². The highest BCUT2D eigenvalue weighted by atomic mass is 16.5. The first kappa shape index (κ1) is 15.9. The first-order chi connectivity index (χ1) is 8.70. The van der Waals surface area contributed by atoms with Gasteiger partial charge in [-0.25, -0.2) is 0 Å². The Morgan fingerprint density at radius 1 is 1.17 bits per heavy atom. The third kappa shape index (κ3) is 6.17. The number of unbranched alkanes of at least 4 members (excludes halogenated alkanes) is 1. The Hall–Kier alpha value is -0.120. The van der Waals surface area contributed by atoms with Crippen LogP contribution < -0.4 is 5.73 Å². The minimum atomic E-state index is -0.110. The van der Waals surface area contributed by atoms with Gasteiger partial charge in [-0.15, -0.1) is 0 Å². The fourth-order valence-corrected chi connectivity index (χ4v) is 2.40. The molecule has 108 valence electrons. The van der Waals surface area contributed by atoms with Crippen molar-refractivity contribution in [3.05, 3.63) is 0 Å². The first-order valence-corrected chi connectivity index (χ1v) is 7.64. The van der Waals surface area contributed by atoms with Gasteiger partial charge in [-0.2, -0.15) is 0 Å². The van der Waals surface area contributed by atoms with E-state index in [9.17, 15) is 0 Å². The quantitative estimate of drug-likeness (QED) is 0.645. The fraction of sp³-hybridized carbons (Fsp3) is 1.00. The molecule has 1 saturated heterocycles. The molecule has 0 bridgehead atoms. The summed E-state index contributed by atoms with van der Waals surface area (Å²) in [5.41, 5.74) is 6.08. The lowest BCUT2D eigenvalue weighted by Crippen LogP contribution is -2.43. The summed E-state index contributed by atoms with van der Waals surface area (Å²) in [6.45, 7) is 7.77. The van der Waals surface area contributed by atoms with Crippen molar-refractivity contribution in [1.82, 2.24) is 0 Å². The number of ether oxygens (including phenoxy) is 2. The Kier molecular flexibility index (Phi) is 7.87. The van der Waals surface area contributed by atoms with Gasteiger partial charge >= 0.3 is 0 Å². The van der Waals surface area contributed by atoms with E-state index in [1.807, 2.05) is 0 Å². The lowest BCUT2D eigenvalue weighted by atomic mass is 9.94. The highest BCUT2D eigenvalue weighted by Gasteiger charge is 2.20. The van der Waals surface area contributed by atoms with Crippen LogP contribution in [-0.2, 0) is 9.47 Å². The third-order valence-corrected chi connectivity index (χ3v) is 4.29. The normalized spacial score (nSPS) is 18.2. The average molecular weight is 257 g/mol. The third-order valence-electron chi connectivity index (χ3n) is 4.29. The molecule has 3 heteroatoms. The molecule has 1 rings (SSSR count). The van der Waals surface area contributed by atoms with Gasteiger partial charge in [0.2, 0.25) is 0 Å². The second-order valence-corrected chi connectivity index (χ2v) is 5.67. The first-order valence-electron chi connectivity index (χ1n) is 7.64. The number of rotatable bonds is 9. The van der Waals surface area contributed by atoms with Gasteiger partial charge in [-0.3, -0.25) is 0 Å². The van der Waals surface area contributed by atoms with Crippen molar-refractivity contribution < 1.29 is 9.47 Å². The van der Waals surface area contributed by atoms with Crippen molar-refractivity contribution in [2.45, 2.75) is 64.3 Å². The Labute approximate surface area is 112 Å². The van der Waals surface area contributed by atoms with Gasteiger partial charge in [0, 0.05) is 25.4 Å². The van der Waals surface area contributed by atoms with E-state index in [0.29, 0.717) is 6.61 Å². The number of nitrogens with two attached hydrogens (primary N) is 1. The Bertz CT molecular complexity index is 199. The summed E-state index contributed by atoms with van der Waals surface area (Å²) in [6.07, 6.45) is 8.26. The summed E-state index contributed by atoms with van der Waals surface area (Å²) in [7, 11) is 0. The molecule has 1 aliphatic heterocycles. The van der Waals surface area contributed by atoms with Crippen LogP contribution in [0.2, 0.25) is 0 Å². The maximum atomic E-state index is 6.19. The molecule has 0 atom stereocenters. The SMILES string of the molecule is CCC(N)(CC)COCCCCC1CCOCC1. The minimum absolute atomic E-state index is 0.110. The Balaban J connectivity index is 1.95. The average Bonchev–Trinajstić information content (AvgIpc) is 2.43. The second kappa shape index (κ2) is 8.89. The summed E-state index contributed by atoms with van der Waals surface area (Å²) < 4.78 is 11.1. The highest BCUT2D eigenvalue weighted by molar-refractivity contribution is 4.80. The zero-order chi connectivity index (χ0) is 13.3. The summed E-state index contributed by atoms with van der Waals surface area (Å²) >= 11 is 0. The zero-order valence-electron chi connectivity index (χ0n) is 12.2. The van der Waals surface area contributed by atoms with Crippen molar-refractivity contribution >= 4 is 0 Å². The maximum Gasteiger partial charge on any atom is 0.0645 e. The molecule has 18 heavy (non-hydrogen) atoms. The summed E-state index contributed by atoms with van der Waals surface area (Å²) in [5, 5.41) is 0. The molecule has 0 unspecified atom stereocenters. The molecular formula is C15H31NO2. The van der Waals surface area contributed by atoms with Gasteiger partial charge in [0.1, 0.15) is 0 Å². The largest absolute Gasteiger partial charge is 0.381 e. The maximum absolute atomic E-state index is 6.19. The van der Waals surface area contributed by atoms with Crippen molar-refractivity contribution in [2.75, 3.05) is 26.4 Å². The van der Waals surface area contributed by atoms with Crippen LogP contribution in [0.25, 0.3) is 0 Å². The molecule has 0 aromatic rings. The lowest BCUT2D eigenvalue weighted by molar-refractivity contribution is 0.0586. The van der Waals surface area contributed by atoms with Crippen LogP contribution in [-0.4, -0.2) is 32.0 Å². The van der Waals surface area contributed by atoms with Crippen LogP contribution >= 0.6 is 0 Å². The predicted octanol–water partition coefficient (Wildman–Crippen LogP) is 3.12. The standard InChI is InChI=1S/C15H31NO2/c1-3-15(16,4-2)13-18-10-6-5-7-14-8-11-17-12-9-14/h14H,3-13,16H2,1-2H3. The van der Waals surface area contributed by atoms with Crippen LogP contribution in [0.15, 0.2) is 0 Å². The van der Waals surface area contributed by atoms with Crippen LogP contribution in [0.3, 0.4) is 0 Å². The van der Waals surface area contributed by atoms with Crippen molar-refractivity contribution in [2.24, 2.45) is 11.7 Å². The van der Waals surface area contributed by atoms with Gasteiger partial charge in [0.15, 0.2) is 0 Å². The van der Waals surface area contributed by atoms with E-state index < -0.39 is 0 Å². The molecule has 1 heterocycles.